The minimum atomic E-state index is -0.0852. The summed E-state index contributed by atoms with van der Waals surface area (Å²) in [6.07, 6.45) is 1.54. The van der Waals surface area contributed by atoms with Gasteiger partial charge in [0.25, 0.3) is 0 Å². The number of ether oxygens (including phenoxy) is 2. The summed E-state index contributed by atoms with van der Waals surface area (Å²) in [7, 11) is 1.66. The van der Waals surface area contributed by atoms with Gasteiger partial charge in [-0.3, -0.25) is 0 Å². The van der Waals surface area contributed by atoms with E-state index in [4.69, 9.17) is 9.47 Å². The molecular formula is C28H21N3O2. The fraction of sp³-hybridized carbons (Fsp3) is 0.0714. The van der Waals surface area contributed by atoms with Gasteiger partial charge in [-0.25, -0.2) is 9.97 Å². The number of nitrogens with zero attached hydrogens (tertiary/aromatic N) is 2. The number of fused-ring (bicyclic) bond motifs is 4. The van der Waals surface area contributed by atoms with Gasteiger partial charge in [0.05, 0.1) is 12.7 Å². The van der Waals surface area contributed by atoms with E-state index in [-0.39, 0.29) is 5.92 Å². The van der Waals surface area contributed by atoms with E-state index >= 15 is 0 Å². The third-order valence-corrected chi connectivity index (χ3v) is 6.05. The van der Waals surface area contributed by atoms with Crippen molar-refractivity contribution < 1.29 is 9.47 Å². The molecule has 0 radical (unpaired) electrons. The quantitative estimate of drug-likeness (QED) is 0.338. The van der Waals surface area contributed by atoms with Crippen molar-refractivity contribution in [3.63, 3.8) is 0 Å². The Morgan fingerprint density at radius 1 is 0.788 bits per heavy atom. The van der Waals surface area contributed by atoms with Crippen LogP contribution in [0.25, 0.3) is 10.8 Å². The zero-order valence-corrected chi connectivity index (χ0v) is 18.0. The fourth-order valence-electron chi connectivity index (χ4n) is 4.52. The summed E-state index contributed by atoms with van der Waals surface area (Å²) >= 11 is 0. The predicted molar refractivity (Wildman–Crippen MR) is 130 cm³/mol. The molecule has 1 N–H and O–H groups in total. The highest BCUT2D eigenvalue weighted by molar-refractivity contribution is 5.90. The van der Waals surface area contributed by atoms with Gasteiger partial charge >= 0.3 is 0 Å². The average Bonchev–Trinajstić information content (AvgIpc) is 2.88. The first-order valence-electron chi connectivity index (χ1n) is 10.8. The van der Waals surface area contributed by atoms with Crippen molar-refractivity contribution in [3.05, 3.63) is 114 Å². The summed E-state index contributed by atoms with van der Waals surface area (Å²) in [5.41, 5.74) is 4.11. The van der Waals surface area contributed by atoms with Gasteiger partial charge in [-0.05, 0) is 46.7 Å². The second-order valence-corrected chi connectivity index (χ2v) is 7.94. The lowest BCUT2D eigenvalue weighted by atomic mass is 9.81. The van der Waals surface area contributed by atoms with Crippen molar-refractivity contribution >= 4 is 22.3 Å². The van der Waals surface area contributed by atoms with Gasteiger partial charge < -0.3 is 14.8 Å². The molecule has 0 spiro atoms. The number of methoxy groups -OCH3 is 1. The molecule has 2 heterocycles. The summed E-state index contributed by atoms with van der Waals surface area (Å²) in [4.78, 5) is 9.14. The van der Waals surface area contributed by atoms with E-state index in [9.17, 15) is 0 Å². The third-order valence-electron chi connectivity index (χ3n) is 6.05. The number of aromatic nitrogens is 2. The van der Waals surface area contributed by atoms with Crippen molar-refractivity contribution in [3.8, 4) is 17.4 Å². The molecule has 0 fully saturated rings. The standard InChI is InChI=1S/C28H21N3O2/c1-32-21-14-12-20(13-15-21)31-27-26-24(19-8-3-2-4-9-19)25-22-10-6-5-7-18(22)11-16-23(25)33-28(26)30-17-29-27/h2-17,24H,1H3,(H,29,30,31). The number of rotatable bonds is 4. The number of hydrogen-bond donors (Lipinski definition) is 1. The molecule has 1 aromatic heterocycles. The van der Waals surface area contributed by atoms with Crippen LogP contribution in [0.4, 0.5) is 11.5 Å². The van der Waals surface area contributed by atoms with E-state index in [2.05, 4.69) is 69.9 Å². The Morgan fingerprint density at radius 3 is 2.39 bits per heavy atom. The van der Waals surface area contributed by atoms with E-state index in [1.807, 2.05) is 36.4 Å². The smallest absolute Gasteiger partial charge is 0.228 e. The highest BCUT2D eigenvalue weighted by Crippen LogP contribution is 2.51. The summed E-state index contributed by atoms with van der Waals surface area (Å²) in [5, 5.41) is 5.81. The monoisotopic (exact) mass is 431 g/mol. The Labute approximate surface area is 191 Å². The molecule has 6 rings (SSSR count). The molecule has 5 nitrogen and oxygen atoms in total. The number of hydrogen-bond acceptors (Lipinski definition) is 5. The van der Waals surface area contributed by atoms with Crippen LogP contribution in [0.3, 0.4) is 0 Å². The molecule has 0 amide bonds. The molecule has 5 heteroatoms. The molecule has 0 saturated carbocycles. The van der Waals surface area contributed by atoms with Crippen molar-refractivity contribution in [1.82, 2.24) is 9.97 Å². The maximum absolute atomic E-state index is 6.34. The lowest BCUT2D eigenvalue weighted by Crippen LogP contribution is -2.16. The molecule has 5 aromatic rings. The maximum atomic E-state index is 6.34. The van der Waals surface area contributed by atoms with Crippen LogP contribution in [-0.4, -0.2) is 17.1 Å². The molecule has 1 aliphatic rings. The van der Waals surface area contributed by atoms with E-state index in [0.29, 0.717) is 5.88 Å². The van der Waals surface area contributed by atoms with Crippen LogP contribution in [0.1, 0.15) is 22.6 Å². The van der Waals surface area contributed by atoms with Gasteiger partial charge in [0.15, 0.2) is 0 Å². The van der Waals surface area contributed by atoms with Gasteiger partial charge in [-0.2, -0.15) is 0 Å². The molecule has 160 valence electrons. The highest BCUT2D eigenvalue weighted by atomic mass is 16.5. The fourth-order valence-corrected chi connectivity index (χ4v) is 4.52. The Kier molecular flexibility index (Phi) is 4.65. The Balaban J connectivity index is 1.57. The predicted octanol–water partition coefficient (Wildman–Crippen LogP) is 6.67. The highest BCUT2D eigenvalue weighted by Gasteiger charge is 2.34. The summed E-state index contributed by atoms with van der Waals surface area (Å²) in [6, 6.07) is 30.8. The van der Waals surface area contributed by atoms with Crippen molar-refractivity contribution in [2.45, 2.75) is 5.92 Å². The van der Waals surface area contributed by atoms with Gasteiger partial charge in [0, 0.05) is 17.2 Å². The van der Waals surface area contributed by atoms with Crippen LogP contribution >= 0.6 is 0 Å². The van der Waals surface area contributed by atoms with Gasteiger partial charge in [0.2, 0.25) is 5.88 Å². The Hall–Kier alpha value is -4.38. The van der Waals surface area contributed by atoms with Crippen LogP contribution in [0.5, 0.6) is 17.4 Å². The van der Waals surface area contributed by atoms with Gasteiger partial charge in [-0.1, -0.05) is 60.7 Å². The molecule has 1 aliphatic heterocycles. The van der Waals surface area contributed by atoms with Crippen LogP contribution in [0.15, 0.2) is 97.3 Å². The van der Waals surface area contributed by atoms with E-state index in [0.717, 1.165) is 45.1 Å². The molecule has 0 bridgehead atoms. The number of nitrogens with one attached hydrogen (secondary N) is 1. The van der Waals surface area contributed by atoms with E-state index in [1.165, 1.54) is 5.39 Å². The molecule has 0 saturated heterocycles. The average molecular weight is 431 g/mol. The second-order valence-electron chi connectivity index (χ2n) is 7.94. The first kappa shape index (κ1) is 19.3. The van der Waals surface area contributed by atoms with Crippen LogP contribution < -0.4 is 14.8 Å². The molecular weight excluding hydrogens is 410 g/mol. The lowest BCUT2D eigenvalue weighted by molar-refractivity contribution is 0.415. The largest absolute Gasteiger partial charge is 0.497 e. The van der Waals surface area contributed by atoms with Gasteiger partial charge in [-0.15, -0.1) is 0 Å². The number of benzene rings is 4. The SMILES string of the molecule is COc1ccc(Nc2ncnc3c2C(c2ccccc2)c2c(ccc4ccccc24)O3)cc1. The first-order chi connectivity index (χ1) is 16.3. The van der Waals surface area contributed by atoms with Crippen molar-refractivity contribution in [2.75, 3.05) is 12.4 Å². The van der Waals surface area contributed by atoms with E-state index < -0.39 is 0 Å². The molecule has 1 unspecified atom stereocenters. The Morgan fingerprint density at radius 2 is 1.58 bits per heavy atom. The number of anilines is 2. The van der Waals surface area contributed by atoms with Gasteiger partial charge in [0.1, 0.15) is 23.6 Å². The van der Waals surface area contributed by atoms with E-state index in [1.54, 1.807) is 13.4 Å². The summed E-state index contributed by atoms with van der Waals surface area (Å²) in [5.74, 6) is 2.83. The normalized spacial score (nSPS) is 14.2. The lowest BCUT2D eigenvalue weighted by Gasteiger charge is -2.30. The summed E-state index contributed by atoms with van der Waals surface area (Å²) in [6.45, 7) is 0. The summed E-state index contributed by atoms with van der Waals surface area (Å²) < 4.78 is 11.6. The van der Waals surface area contributed by atoms with Crippen LogP contribution in [-0.2, 0) is 0 Å². The molecule has 1 atom stereocenters. The third kappa shape index (κ3) is 3.34. The zero-order chi connectivity index (χ0) is 22.2. The van der Waals surface area contributed by atoms with Crippen molar-refractivity contribution in [2.24, 2.45) is 0 Å². The molecule has 4 aromatic carbocycles. The second kappa shape index (κ2) is 7.95. The van der Waals surface area contributed by atoms with Crippen LogP contribution in [0, 0.1) is 0 Å². The minimum absolute atomic E-state index is 0.0852. The van der Waals surface area contributed by atoms with Crippen LogP contribution in [0.2, 0.25) is 0 Å². The minimum Gasteiger partial charge on any atom is -0.497 e. The molecule has 33 heavy (non-hydrogen) atoms. The topological polar surface area (TPSA) is 56.3 Å². The molecule has 0 aliphatic carbocycles. The Bertz CT molecular complexity index is 1450. The first-order valence-corrected chi connectivity index (χ1v) is 10.8. The van der Waals surface area contributed by atoms with Crippen molar-refractivity contribution in [1.29, 1.82) is 0 Å². The zero-order valence-electron chi connectivity index (χ0n) is 18.0. The maximum Gasteiger partial charge on any atom is 0.228 e.